The second-order valence-corrected chi connectivity index (χ2v) is 4.89. The number of benzene rings is 1. The van der Waals surface area contributed by atoms with Crippen molar-refractivity contribution in [3.63, 3.8) is 0 Å². The summed E-state index contributed by atoms with van der Waals surface area (Å²) in [6.07, 6.45) is 0.862. The molecule has 1 aromatic carbocycles. The molecular weight excluding hydrogens is 191 g/mol. The highest BCUT2D eigenvalue weighted by atomic mass is 19.1. The quantitative estimate of drug-likeness (QED) is 0.566. The molecule has 0 aromatic heterocycles. The van der Waals surface area contributed by atoms with E-state index in [4.69, 9.17) is 11.1 Å². The van der Waals surface area contributed by atoms with Crippen molar-refractivity contribution in [1.29, 1.82) is 5.41 Å². The van der Waals surface area contributed by atoms with Gasteiger partial charge >= 0.3 is 0 Å². The number of hydrogen-bond donors (Lipinski definition) is 2. The zero-order valence-electron chi connectivity index (χ0n) is 8.97. The summed E-state index contributed by atoms with van der Waals surface area (Å²) in [5.41, 5.74) is 6.25. The van der Waals surface area contributed by atoms with E-state index in [-0.39, 0.29) is 22.5 Å². The number of halogens is 1. The van der Waals surface area contributed by atoms with Gasteiger partial charge in [0.2, 0.25) is 0 Å². The van der Waals surface area contributed by atoms with Gasteiger partial charge in [-0.3, -0.25) is 5.41 Å². The molecule has 3 heteroatoms. The van der Waals surface area contributed by atoms with Crippen LogP contribution in [0.25, 0.3) is 0 Å². The largest absolute Gasteiger partial charge is 0.387 e. The first-order valence-electron chi connectivity index (χ1n) is 5.01. The molecule has 0 radical (unpaired) electrons. The van der Waals surface area contributed by atoms with Gasteiger partial charge in [-0.1, -0.05) is 26.0 Å². The maximum absolute atomic E-state index is 12.8. The van der Waals surface area contributed by atoms with E-state index in [0.29, 0.717) is 0 Å². The molecule has 1 aromatic rings. The minimum absolute atomic E-state index is 0.0106. The normalized spacial score (nSPS) is 27.4. The maximum Gasteiger partial charge on any atom is 0.123 e. The monoisotopic (exact) mass is 206 g/mol. The van der Waals surface area contributed by atoms with Crippen molar-refractivity contribution in [2.24, 2.45) is 11.1 Å². The molecular formula is C12H15FN2. The van der Waals surface area contributed by atoms with Crippen LogP contribution >= 0.6 is 0 Å². The summed E-state index contributed by atoms with van der Waals surface area (Å²) in [4.78, 5) is 0. The van der Waals surface area contributed by atoms with Gasteiger partial charge in [0.25, 0.3) is 0 Å². The molecule has 3 N–H and O–H groups in total. The predicted octanol–water partition coefficient (Wildman–Crippen LogP) is 2.43. The molecule has 2 rings (SSSR count). The fourth-order valence-electron chi connectivity index (χ4n) is 2.46. The van der Waals surface area contributed by atoms with Gasteiger partial charge in [-0.05, 0) is 29.5 Å². The molecule has 0 amide bonds. The average molecular weight is 206 g/mol. The van der Waals surface area contributed by atoms with Crippen LogP contribution in [-0.4, -0.2) is 5.84 Å². The van der Waals surface area contributed by atoms with Crippen LogP contribution in [0.2, 0.25) is 0 Å². The van der Waals surface area contributed by atoms with Crippen molar-refractivity contribution in [2.45, 2.75) is 25.7 Å². The van der Waals surface area contributed by atoms with E-state index in [1.54, 1.807) is 12.1 Å². The Balaban J connectivity index is 2.45. The molecule has 1 aliphatic rings. The molecule has 80 valence electrons. The SMILES string of the molecule is CC1(C)CC1(C(=N)N)c1ccc(F)cc1. The molecule has 1 unspecified atom stereocenters. The first-order chi connectivity index (χ1) is 6.90. The lowest BCUT2D eigenvalue weighted by Crippen LogP contribution is -2.32. The third-order valence-electron chi connectivity index (χ3n) is 3.53. The molecule has 1 atom stereocenters. The van der Waals surface area contributed by atoms with Crippen LogP contribution in [0.5, 0.6) is 0 Å². The molecule has 0 saturated heterocycles. The van der Waals surface area contributed by atoms with Gasteiger partial charge in [0, 0.05) is 0 Å². The van der Waals surface area contributed by atoms with Crippen molar-refractivity contribution in [2.75, 3.05) is 0 Å². The first kappa shape index (κ1) is 10.1. The van der Waals surface area contributed by atoms with E-state index in [2.05, 4.69) is 13.8 Å². The van der Waals surface area contributed by atoms with E-state index < -0.39 is 0 Å². The minimum atomic E-state index is -0.374. The second kappa shape index (κ2) is 2.81. The summed E-state index contributed by atoms with van der Waals surface area (Å²) in [7, 11) is 0. The average Bonchev–Trinajstić information content (AvgIpc) is 2.72. The summed E-state index contributed by atoms with van der Waals surface area (Å²) < 4.78 is 12.8. The lowest BCUT2D eigenvalue weighted by Gasteiger charge is -2.19. The van der Waals surface area contributed by atoms with Crippen LogP contribution in [0.3, 0.4) is 0 Å². The zero-order valence-corrected chi connectivity index (χ0v) is 8.97. The van der Waals surface area contributed by atoms with Crippen molar-refractivity contribution < 1.29 is 4.39 Å². The van der Waals surface area contributed by atoms with E-state index in [1.807, 2.05) is 0 Å². The van der Waals surface area contributed by atoms with E-state index in [0.717, 1.165) is 12.0 Å². The van der Waals surface area contributed by atoms with Crippen LogP contribution in [-0.2, 0) is 5.41 Å². The van der Waals surface area contributed by atoms with E-state index in [9.17, 15) is 4.39 Å². The molecule has 2 nitrogen and oxygen atoms in total. The molecule has 0 bridgehead atoms. The second-order valence-electron chi connectivity index (χ2n) is 4.89. The van der Waals surface area contributed by atoms with Gasteiger partial charge in [-0.25, -0.2) is 4.39 Å². The molecule has 1 fully saturated rings. The molecule has 0 aliphatic heterocycles. The number of amidine groups is 1. The molecule has 0 spiro atoms. The van der Waals surface area contributed by atoms with Crippen molar-refractivity contribution >= 4 is 5.84 Å². The van der Waals surface area contributed by atoms with Crippen LogP contribution in [0.1, 0.15) is 25.8 Å². The lowest BCUT2D eigenvalue weighted by atomic mass is 9.87. The fourth-order valence-corrected chi connectivity index (χ4v) is 2.46. The fraction of sp³-hybridized carbons (Fsp3) is 0.417. The Hall–Kier alpha value is -1.38. The Morgan fingerprint density at radius 2 is 1.80 bits per heavy atom. The summed E-state index contributed by atoms with van der Waals surface area (Å²) in [5, 5.41) is 7.69. The number of hydrogen-bond acceptors (Lipinski definition) is 1. The van der Waals surface area contributed by atoms with Crippen LogP contribution in [0.4, 0.5) is 4.39 Å². The van der Waals surface area contributed by atoms with Gasteiger partial charge in [0.1, 0.15) is 11.7 Å². The standard InChI is InChI=1S/C12H15FN2/c1-11(2)7-12(11,10(14)15)8-3-5-9(13)6-4-8/h3-6H,7H2,1-2H3,(H3,14,15). The molecule has 0 heterocycles. The zero-order chi connectivity index (χ0) is 11.3. The molecule has 1 saturated carbocycles. The van der Waals surface area contributed by atoms with Crippen LogP contribution in [0, 0.1) is 16.6 Å². The van der Waals surface area contributed by atoms with Crippen molar-refractivity contribution in [3.05, 3.63) is 35.6 Å². The van der Waals surface area contributed by atoms with Gasteiger partial charge < -0.3 is 5.73 Å². The van der Waals surface area contributed by atoms with Crippen LogP contribution < -0.4 is 5.73 Å². The third-order valence-corrected chi connectivity index (χ3v) is 3.53. The lowest BCUT2D eigenvalue weighted by molar-refractivity contribution is 0.575. The van der Waals surface area contributed by atoms with E-state index >= 15 is 0 Å². The smallest absolute Gasteiger partial charge is 0.123 e. The maximum atomic E-state index is 12.8. The van der Waals surface area contributed by atoms with Crippen molar-refractivity contribution in [1.82, 2.24) is 0 Å². The Morgan fingerprint density at radius 3 is 2.13 bits per heavy atom. The van der Waals surface area contributed by atoms with Gasteiger partial charge in [-0.2, -0.15) is 0 Å². The Labute approximate surface area is 88.8 Å². The van der Waals surface area contributed by atoms with Gasteiger partial charge in [-0.15, -0.1) is 0 Å². The minimum Gasteiger partial charge on any atom is -0.387 e. The Morgan fingerprint density at radius 1 is 1.33 bits per heavy atom. The van der Waals surface area contributed by atoms with Gasteiger partial charge in [0.05, 0.1) is 5.41 Å². The summed E-state index contributed by atoms with van der Waals surface area (Å²) >= 11 is 0. The highest BCUT2D eigenvalue weighted by Crippen LogP contribution is 2.64. The Bertz CT molecular complexity index is 408. The van der Waals surface area contributed by atoms with Crippen molar-refractivity contribution in [3.8, 4) is 0 Å². The summed E-state index contributed by atoms with van der Waals surface area (Å²) in [5.74, 6) is -0.0741. The summed E-state index contributed by atoms with van der Waals surface area (Å²) in [6.45, 7) is 4.16. The number of nitrogens with two attached hydrogens (primary N) is 1. The Kier molecular flexibility index (Phi) is 1.90. The topological polar surface area (TPSA) is 49.9 Å². The highest BCUT2D eigenvalue weighted by molar-refractivity contribution is 5.93. The van der Waals surface area contributed by atoms with Gasteiger partial charge in [0.15, 0.2) is 0 Å². The highest BCUT2D eigenvalue weighted by Gasteiger charge is 2.64. The number of nitrogens with one attached hydrogen (secondary N) is 1. The molecule has 1 aliphatic carbocycles. The van der Waals surface area contributed by atoms with E-state index in [1.165, 1.54) is 12.1 Å². The third kappa shape index (κ3) is 1.26. The first-order valence-corrected chi connectivity index (χ1v) is 5.01. The summed E-state index contributed by atoms with van der Waals surface area (Å²) in [6, 6.07) is 6.31. The van der Waals surface area contributed by atoms with Crippen LogP contribution in [0.15, 0.2) is 24.3 Å². The number of rotatable bonds is 2. The predicted molar refractivity (Wildman–Crippen MR) is 58.4 cm³/mol. The molecule has 15 heavy (non-hydrogen) atoms.